The summed E-state index contributed by atoms with van der Waals surface area (Å²) in [6.45, 7) is 14.6. The number of fused-ring (bicyclic) bond motifs is 6. The van der Waals surface area contributed by atoms with E-state index in [9.17, 15) is 5.26 Å². The van der Waals surface area contributed by atoms with Crippen LogP contribution in [0.25, 0.3) is 64.0 Å². The molecule has 0 aliphatic rings. The van der Waals surface area contributed by atoms with E-state index in [1.165, 1.54) is 0 Å². The van der Waals surface area contributed by atoms with Crippen LogP contribution in [0.2, 0.25) is 0 Å². The van der Waals surface area contributed by atoms with Gasteiger partial charge in [0.15, 0.2) is 11.0 Å². The highest BCUT2D eigenvalue weighted by atomic mass is 15.2. The van der Waals surface area contributed by atoms with Crippen LogP contribution in [-0.4, -0.2) is 0 Å². The highest BCUT2D eigenvalue weighted by molar-refractivity contribution is 6.21. The molecular weight excluding hydrogens is 418 g/mol. The van der Waals surface area contributed by atoms with Gasteiger partial charge in [0, 0.05) is 21.5 Å². The summed E-state index contributed by atoms with van der Waals surface area (Å²) < 4.78 is 0. The van der Waals surface area contributed by atoms with Crippen LogP contribution in [0.4, 0.5) is 5.69 Å². The molecular formula is C29H13N5. The van der Waals surface area contributed by atoms with Gasteiger partial charge in [0.2, 0.25) is 6.19 Å². The zero-order valence-corrected chi connectivity index (χ0v) is 17.7. The quantitative estimate of drug-likeness (QED) is 0.166. The summed E-state index contributed by atoms with van der Waals surface area (Å²) in [4.78, 5) is 11.0. The molecule has 0 unspecified atom stereocenters. The summed E-state index contributed by atoms with van der Waals surface area (Å²) in [5.41, 5.74) is 2.58. The molecule has 0 radical (unpaired) electrons. The molecule has 5 nitrogen and oxygen atoms in total. The van der Waals surface area contributed by atoms with Gasteiger partial charge in [0.25, 0.3) is 0 Å². The fourth-order valence-corrected chi connectivity index (χ4v) is 4.86. The Labute approximate surface area is 194 Å². The van der Waals surface area contributed by atoms with Crippen LogP contribution in [-0.2, 0) is 0 Å². The van der Waals surface area contributed by atoms with Crippen molar-refractivity contribution in [2.24, 2.45) is 10.1 Å². The molecule has 0 N–H and O–H groups in total. The SMILES string of the molecule is [C-]#[N+]/N=c1/c2cc(-c3ccc([N+]#[C-])cc3)ccc2c2cc3c(=NC#N)c4ccccc4c3cc12. The van der Waals surface area contributed by atoms with E-state index in [-0.39, 0.29) is 0 Å². The molecule has 0 bridgehead atoms. The Morgan fingerprint density at radius 1 is 0.618 bits per heavy atom. The molecule has 154 valence electrons. The largest absolute Gasteiger partial charge is 0.238 e. The summed E-state index contributed by atoms with van der Waals surface area (Å²) in [7, 11) is 0. The number of benzene rings is 4. The van der Waals surface area contributed by atoms with Gasteiger partial charge < -0.3 is 0 Å². The third-order valence-corrected chi connectivity index (χ3v) is 6.35. The highest BCUT2D eigenvalue weighted by Gasteiger charge is 2.16. The maximum Gasteiger partial charge on any atom is 0.206 e. The molecule has 0 saturated carbocycles. The van der Waals surface area contributed by atoms with E-state index in [0.29, 0.717) is 16.4 Å². The third-order valence-electron chi connectivity index (χ3n) is 6.35. The molecule has 0 saturated heterocycles. The number of nitrogens with zero attached hydrogens (tertiary/aromatic N) is 5. The first kappa shape index (κ1) is 19.4. The second-order valence-electron chi connectivity index (χ2n) is 8.02. The lowest BCUT2D eigenvalue weighted by Crippen LogP contribution is -1.98. The molecule has 6 aromatic rings. The van der Waals surface area contributed by atoms with Gasteiger partial charge in [-0.25, -0.2) is 4.85 Å². The van der Waals surface area contributed by atoms with E-state index < -0.39 is 0 Å². The maximum atomic E-state index is 9.31. The minimum atomic E-state index is 0.595. The first-order chi connectivity index (χ1) is 16.7. The van der Waals surface area contributed by atoms with Gasteiger partial charge in [-0.05, 0) is 50.9 Å². The molecule has 0 aromatic heterocycles. The van der Waals surface area contributed by atoms with Gasteiger partial charge in [-0.1, -0.05) is 60.7 Å². The minimum Gasteiger partial charge on any atom is -0.238 e. The van der Waals surface area contributed by atoms with E-state index in [4.69, 9.17) is 13.1 Å². The molecule has 0 aliphatic heterocycles. The standard InChI is InChI=1S/C29H13N5/c1-31-19-10-7-17(8-11-19)18-9-12-21-24-14-26-23(15-27(24)29(34-32-2)25(21)13-18)20-5-3-4-6-22(20)28(26)33-16-30/h3-15H/b33-28?,34-29-. The first-order valence-electron chi connectivity index (χ1n) is 10.6. The lowest BCUT2D eigenvalue weighted by molar-refractivity contribution is 1.37. The minimum absolute atomic E-state index is 0.595. The van der Waals surface area contributed by atoms with Crippen LogP contribution in [0.3, 0.4) is 0 Å². The zero-order valence-electron chi connectivity index (χ0n) is 17.7. The summed E-state index contributed by atoms with van der Waals surface area (Å²) in [5.74, 6) is 0. The van der Waals surface area contributed by atoms with Crippen LogP contribution in [0.15, 0.2) is 89.0 Å². The fourth-order valence-electron chi connectivity index (χ4n) is 4.86. The summed E-state index contributed by atoms with van der Waals surface area (Å²) in [5, 5.41) is 22.4. The van der Waals surface area contributed by atoms with Crippen molar-refractivity contribution in [3.63, 3.8) is 0 Å². The summed E-state index contributed by atoms with van der Waals surface area (Å²) >= 11 is 0. The highest BCUT2D eigenvalue weighted by Crippen LogP contribution is 2.34. The molecule has 0 fully saturated rings. The van der Waals surface area contributed by atoms with E-state index in [0.717, 1.165) is 54.2 Å². The van der Waals surface area contributed by atoms with Crippen LogP contribution in [0.1, 0.15) is 0 Å². The number of hydrogen-bond donors (Lipinski definition) is 0. The molecule has 0 aliphatic carbocycles. The summed E-state index contributed by atoms with van der Waals surface area (Å²) in [6, 6.07) is 25.7. The maximum absolute atomic E-state index is 9.31. The number of nitriles is 1. The van der Waals surface area contributed by atoms with Gasteiger partial charge in [-0.3, -0.25) is 0 Å². The van der Waals surface area contributed by atoms with Gasteiger partial charge in [0.05, 0.1) is 17.0 Å². The van der Waals surface area contributed by atoms with Crippen LogP contribution < -0.4 is 10.7 Å². The van der Waals surface area contributed by atoms with Crippen molar-refractivity contribution in [1.29, 1.82) is 5.26 Å². The Morgan fingerprint density at radius 3 is 1.91 bits per heavy atom. The van der Waals surface area contributed by atoms with E-state index in [1.54, 1.807) is 12.1 Å². The molecule has 34 heavy (non-hydrogen) atoms. The van der Waals surface area contributed by atoms with Gasteiger partial charge in [-0.15, -0.1) is 4.95 Å². The molecule has 0 heterocycles. The Hall–Kier alpha value is -5.31. The molecule has 6 rings (SSSR count). The Bertz CT molecular complexity index is 2030. The Kier molecular flexibility index (Phi) is 4.21. The average Bonchev–Trinajstić information content (AvgIpc) is 3.35. The average molecular weight is 431 g/mol. The summed E-state index contributed by atoms with van der Waals surface area (Å²) in [6.07, 6.45) is 1.95. The second-order valence-corrected chi connectivity index (χ2v) is 8.02. The molecule has 0 atom stereocenters. The lowest BCUT2D eigenvalue weighted by Gasteiger charge is -2.02. The predicted molar refractivity (Wildman–Crippen MR) is 134 cm³/mol. The molecule has 0 amide bonds. The predicted octanol–water partition coefficient (Wildman–Crippen LogP) is 6.51. The Balaban J connectivity index is 1.74. The third kappa shape index (κ3) is 2.71. The van der Waals surface area contributed by atoms with E-state index in [2.05, 4.69) is 38.1 Å². The molecule has 5 heteroatoms. The topological polar surface area (TPSA) is 57.2 Å². The number of hydrogen-bond acceptors (Lipinski definition) is 3. The van der Waals surface area contributed by atoms with Crippen molar-refractivity contribution >= 4 is 48.8 Å². The van der Waals surface area contributed by atoms with Crippen molar-refractivity contribution < 1.29 is 0 Å². The van der Waals surface area contributed by atoms with Crippen molar-refractivity contribution in [1.82, 2.24) is 0 Å². The fraction of sp³-hybridized carbons (Fsp3) is 0. The van der Waals surface area contributed by atoms with Crippen LogP contribution in [0, 0.1) is 24.6 Å². The lowest BCUT2D eigenvalue weighted by atomic mass is 10.0. The van der Waals surface area contributed by atoms with Crippen LogP contribution >= 0.6 is 0 Å². The van der Waals surface area contributed by atoms with E-state index >= 15 is 0 Å². The smallest absolute Gasteiger partial charge is 0.206 e. The van der Waals surface area contributed by atoms with Gasteiger partial charge in [0.1, 0.15) is 0 Å². The zero-order chi connectivity index (χ0) is 23.2. The monoisotopic (exact) mass is 431 g/mol. The van der Waals surface area contributed by atoms with Crippen molar-refractivity contribution in [3.8, 4) is 17.3 Å². The molecule has 6 aromatic carbocycles. The van der Waals surface area contributed by atoms with Crippen molar-refractivity contribution in [2.45, 2.75) is 0 Å². The molecule has 0 spiro atoms. The van der Waals surface area contributed by atoms with Gasteiger partial charge >= 0.3 is 0 Å². The first-order valence-corrected chi connectivity index (χ1v) is 10.6. The normalized spacial score (nSPS) is 12.4. The second kappa shape index (κ2) is 7.38. The van der Waals surface area contributed by atoms with Crippen LogP contribution in [0.5, 0.6) is 0 Å². The van der Waals surface area contributed by atoms with Crippen molar-refractivity contribution in [2.75, 3.05) is 0 Å². The number of rotatable bonds is 1. The van der Waals surface area contributed by atoms with Crippen molar-refractivity contribution in [3.05, 3.63) is 113 Å². The van der Waals surface area contributed by atoms with Gasteiger partial charge in [-0.2, -0.15) is 16.8 Å². The van der Waals surface area contributed by atoms with E-state index in [1.807, 2.05) is 54.7 Å². The Morgan fingerprint density at radius 2 is 1.24 bits per heavy atom.